The minimum Gasteiger partial charge on any atom is -0.377 e. The third-order valence-electron chi connectivity index (χ3n) is 3.16. The van der Waals surface area contributed by atoms with Crippen molar-refractivity contribution in [2.45, 2.75) is 39.3 Å². The second-order valence-corrected chi connectivity index (χ2v) is 4.32. The molecule has 0 spiro atoms. The second kappa shape index (κ2) is 5.47. The molecule has 2 N–H and O–H groups in total. The quantitative estimate of drug-likeness (QED) is 0.749. The average molecular weight is 214 g/mol. The van der Waals surface area contributed by atoms with Gasteiger partial charge in [-0.25, -0.2) is 0 Å². The van der Waals surface area contributed by atoms with Crippen LogP contribution < -0.4 is 5.73 Å². The lowest BCUT2D eigenvalue weighted by Crippen LogP contribution is -2.52. The summed E-state index contributed by atoms with van der Waals surface area (Å²) >= 11 is 0. The molecule has 1 amide bonds. The molecule has 0 aromatic heterocycles. The highest BCUT2D eigenvalue weighted by Gasteiger charge is 2.30. The first-order chi connectivity index (χ1) is 7.07. The van der Waals surface area contributed by atoms with E-state index in [4.69, 9.17) is 10.5 Å². The standard InChI is InChI=1S/C11H22N2O2/c1-4-10-7-15-6-5-13(10)11(14)8(2)9(3)12/h8-10H,4-7,12H2,1-3H3. The lowest BCUT2D eigenvalue weighted by molar-refractivity contribution is -0.144. The van der Waals surface area contributed by atoms with Crippen LogP contribution in [0.5, 0.6) is 0 Å². The maximum atomic E-state index is 12.1. The largest absolute Gasteiger partial charge is 0.377 e. The van der Waals surface area contributed by atoms with Gasteiger partial charge in [-0.15, -0.1) is 0 Å². The second-order valence-electron chi connectivity index (χ2n) is 4.32. The van der Waals surface area contributed by atoms with Gasteiger partial charge in [0, 0.05) is 12.6 Å². The summed E-state index contributed by atoms with van der Waals surface area (Å²) in [5, 5.41) is 0. The fourth-order valence-corrected chi connectivity index (χ4v) is 1.77. The Bertz CT molecular complexity index is 219. The molecule has 1 rings (SSSR count). The van der Waals surface area contributed by atoms with Crippen LogP contribution in [0.3, 0.4) is 0 Å². The summed E-state index contributed by atoms with van der Waals surface area (Å²) in [6, 6.07) is 0.144. The topological polar surface area (TPSA) is 55.6 Å². The maximum Gasteiger partial charge on any atom is 0.227 e. The van der Waals surface area contributed by atoms with E-state index in [0.717, 1.165) is 6.42 Å². The molecule has 0 saturated carbocycles. The van der Waals surface area contributed by atoms with Crippen LogP contribution in [0, 0.1) is 5.92 Å². The highest BCUT2D eigenvalue weighted by atomic mass is 16.5. The molecule has 1 heterocycles. The first kappa shape index (κ1) is 12.5. The van der Waals surface area contributed by atoms with Crippen LogP contribution in [0.1, 0.15) is 27.2 Å². The summed E-state index contributed by atoms with van der Waals surface area (Å²) in [6.45, 7) is 7.87. The number of nitrogens with two attached hydrogens (primary N) is 1. The lowest BCUT2D eigenvalue weighted by Gasteiger charge is -2.37. The third-order valence-corrected chi connectivity index (χ3v) is 3.16. The summed E-state index contributed by atoms with van der Waals surface area (Å²) in [5.74, 6) is 0.0669. The van der Waals surface area contributed by atoms with E-state index in [-0.39, 0.29) is 23.9 Å². The number of ether oxygens (including phenoxy) is 1. The molecule has 4 nitrogen and oxygen atoms in total. The molecular weight excluding hydrogens is 192 g/mol. The van der Waals surface area contributed by atoms with Crippen LogP contribution in [0.4, 0.5) is 0 Å². The minimum atomic E-state index is -0.0999. The molecule has 3 atom stereocenters. The Hall–Kier alpha value is -0.610. The average Bonchev–Trinajstić information content (AvgIpc) is 2.26. The van der Waals surface area contributed by atoms with Gasteiger partial charge in [-0.2, -0.15) is 0 Å². The number of hydrogen-bond donors (Lipinski definition) is 1. The van der Waals surface area contributed by atoms with Gasteiger partial charge in [-0.1, -0.05) is 13.8 Å². The van der Waals surface area contributed by atoms with Crippen molar-refractivity contribution >= 4 is 5.91 Å². The van der Waals surface area contributed by atoms with E-state index in [2.05, 4.69) is 6.92 Å². The SMILES string of the molecule is CCC1COCCN1C(=O)C(C)C(C)N. The molecule has 0 aromatic rings. The molecule has 4 heteroatoms. The van der Waals surface area contributed by atoms with Crippen LogP contribution >= 0.6 is 0 Å². The minimum absolute atomic E-state index is 0.0853. The molecule has 1 saturated heterocycles. The van der Waals surface area contributed by atoms with Gasteiger partial charge >= 0.3 is 0 Å². The predicted octanol–water partition coefficient (Wildman–Crippen LogP) is 0.607. The zero-order valence-corrected chi connectivity index (χ0v) is 9.90. The van der Waals surface area contributed by atoms with Crippen molar-refractivity contribution < 1.29 is 9.53 Å². The number of hydrogen-bond acceptors (Lipinski definition) is 3. The van der Waals surface area contributed by atoms with Crippen molar-refractivity contribution in [3.05, 3.63) is 0 Å². The van der Waals surface area contributed by atoms with Gasteiger partial charge in [-0.05, 0) is 13.3 Å². The normalized spacial score (nSPS) is 26.1. The van der Waals surface area contributed by atoms with Gasteiger partial charge in [0.15, 0.2) is 0 Å². The molecule has 0 aliphatic carbocycles. The third kappa shape index (κ3) is 2.92. The molecule has 0 radical (unpaired) electrons. The van der Waals surface area contributed by atoms with E-state index >= 15 is 0 Å². The molecule has 88 valence electrons. The Kier molecular flexibility index (Phi) is 4.54. The van der Waals surface area contributed by atoms with E-state index in [1.165, 1.54) is 0 Å². The smallest absolute Gasteiger partial charge is 0.227 e. The van der Waals surface area contributed by atoms with Gasteiger partial charge in [0.05, 0.1) is 25.2 Å². The first-order valence-corrected chi connectivity index (χ1v) is 5.71. The summed E-state index contributed by atoms with van der Waals surface area (Å²) < 4.78 is 5.37. The number of morpholine rings is 1. The van der Waals surface area contributed by atoms with Crippen LogP contribution in [0.15, 0.2) is 0 Å². The van der Waals surface area contributed by atoms with Gasteiger partial charge in [-0.3, -0.25) is 4.79 Å². The maximum absolute atomic E-state index is 12.1. The molecule has 0 aromatic carbocycles. The van der Waals surface area contributed by atoms with Crippen molar-refractivity contribution in [1.82, 2.24) is 4.90 Å². The van der Waals surface area contributed by atoms with Gasteiger partial charge in [0.2, 0.25) is 5.91 Å². The van der Waals surface area contributed by atoms with Gasteiger partial charge < -0.3 is 15.4 Å². The molecule has 1 aliphatic rings. The van der Waals surface area contributed by atoms with Crippen molar-refractivity contribution in [2.75, 3.05) is 19.8 Å². The molecule has 3 unspecified atom stereocenters. The molecule has 15 heavy (non-hydrogen) atoms. The van der Waals surface area contributed by atoms with E-state index in [0.29, 0.717) is 19.8 Å². The molecule has 1 aliphatic heterocycles. The van der Waals surface area contributed by atoms with Crippen molar-refractivity contribution in [3.8, 4) is 0 Å². The number of amides is 1. The Morgan fingerprint density at radius 2 is 2.27 bits per heavy atom. The highest BCUT2D eigenvalue weighted by molar-refractivity contribution is 5.79. The summed E-state index contributed by atoms with van der Waals surface area (Å²) in [6.07, 6.45) is 0.942. The van der Waals surface area contributed by atoms with Crippen molar-refractivity contribution in [1.29, 1.82) is 0 Å². The van der Waals surface area contributed by atoms with Crippen LogP contribution in [0.2, 0.25) is 0 Å². The number of rotatable bonds is 3. The van der Waals surface area contributed by atoms with Gasteiger partial charge in [0.25, 0.3) is 0 Å². The van der Waals surface area contributed by atoms with Crippen LogP contribution in [0.25, 0.3) is 0 Å². The van der Waals surface area contributed by atoms with Gasteiger partial charge in [0.1, 0.15) is 0 Å². The monoisotopic (exact) mass is 214 g/mol. The molecule has 0 bridgehead atoms. The van der Waals surface area contributed by atoms with E-state index < -0.39 is 0 Å². The summed E-state index contributed by atoms with van der Waals surface area (Å²) in [4.78, 5) is 14.0. The van der Waals surface area contributed by atoms with E-state index in [1.807, 2.05) is 18.7 Å². The predicted molar refractivity (Wildman–Crippen MR) is 59.4 cm³/mol. The summed E-state index contributed by atoms with van der Waals surface area (Å²) in [7, 11) is 0. The fourth-order valence-electron chi connectivity index (χ4n) is 1.77. The van der Waals surface area contributed by atoms with E-state index in [1.54, 1.807) is 0 Å². The molecule has 1 fully saturated rings. The lowest BCUT2D eigenvalue weighted by atomic mass is 10.0. The zero-order chi connectivity index (χ0) is 11.4. The van der Waals surface area contributed by atoms with Crippen LogP contribution in [-0.2, 0) is 9.53 Å². The van der Waals surface area contributed by atoms with E-state index in [9.17, 15) is 4.79 Å². The van der Waals surface area contributed by atoms with Crippen LogP contribution in [-0.4, -0.2) is 42.6 Å². The Balaban J connectivity index is 2.63. The van der Waals surface area contributed by atoms with Crippen molar-refractivity contribution in [2.24, 2.45) is 11.7 Å². The Morgan fingerprint density at radius 1 is 1.60 bits per heavy atom. The Morgan fingerprint density at radius 3 is 2.80 bits per heavy atom. The fraction of sp³-hybridized carbons (Fsp3) is 0.909. The Labute approximate surface area is 91.8 Å². The molecular formula is C11H22N2O2. The highest BCUT2D eigenvalue weighted by Crippen LogP contribution is 2.15. The number of nitrogens with zero attached hydrogens (tertiary/aromatic N) is 1. The first-order valence-electron chi connectivity index (χ1n) is 5.71. The number of carbonyl (C=O) groups is 1. The zero-order valence-electron chi connectivity index (χ0n) is 9.90. The number of carbonyl (C=O) groups excluding carboxylic acids is 1. The van der Waals surface area contributed by atoms with Crippen molar-refractivity contribution in [3.63, 3.8) is 0 Å². The summed E-state index contributed by atoms with van der Waals surface area (Å²) in [5.41, 5.74) is 5.75.